The van der Waals surface area contributed by atoms with Gasteiger partial charge >= 0.3 is 0 Å². The van der Waals surface area contributed by atoms with Gasteiger partial charge in [-0.05, 0) is 38.0 Å². The lowest BCUT2D eigenvalue weighted by atomic mass is 9.80. The van der Waals surface area contributed by atoms with Crippen molar-refractivity contribution in [1.82, 2.24) is 0 Å². The van der Waals surface area contributed by atoms with Gasteiger partial charge < -0.3 is 20.3 Å². The molecular weight excluding hydrogens is 230 g/mol. The van der Waals surface area contributed by atoms with Crippen LogP contribution in [0.4, 0.5) is 0 Å². The Balaban J connectivity index is 2.30. The lowest BCUT2D eigenvalue weighted by Gasteiger charge is -2.31. The molecule has 1 unspecified atom stereocenters. The summed E-state index contributed by atoms with van der Waals surface area (Å²) >= 11 is 0. The highest BCUT2D eigenvalue weighted by atomic mass is 16.6. The third-order valence-corrected chi connectivity index (χ3v) is 3.28. The Kier molecular flexibility index (Phi) is 3.78. The number of rotatable bonds is 4. The minimum Gasteiger partial charge on any atom is -0.486 e. The second-order valence-corrected chi connectivity index (χ2v) is 5.29. The standard InChI is InChI=1S/C14H21NO3/c1-14(2,15)11(5-6-16)10-3-4-12-13(9-10)18-8-7-17-12/h3-4,9,11,16H,5-8,15H2,1-2H3. The van der Waals surface area contributed by atoms with E-state index in [0.717, 1.165) is 17.1 Å². The monoisotopic (exact) mass is 251 g/mol. The molecule has 0 amide bonds. The number of benzene rings is 1. The molecule has 100 valence electrons. The minimum absolute atomic E-state index is 0.0957. The first-order valence-corrected chi connectivity index (χ1v) is 6.31. The zero-order valence-electron chi connectivity index (χ0n) is 11.0. The van der Waals surface area contributed by atoms with Crippen molar-refractivity contribution in [2.24, 2.45) is 5.73 Å². The highest BCUT2D eigenvalue weighted by Crippen LogP contribution is 2.36. The Morgan fingerprint density at radius 3 is 2.56 bits per heavy atom. The van der Waals surface area contributed by atoms with E-state index in [1.54, 1.807) is 0 Å². The van der Waals surface area contributed by atoms with Gasteiger partial charge in [-0.25, -0.2) is 0 Å². The number of nitrogens with two attached hydrogens (primary N) is 1. The van der Waals surface area contributed by atoms with Crippen LogP contribution in [0, 0.1) is 0 Å². The third-order valence-electron chi connectivity index (χ3n) is 3.28. The van der Waals surface area contributed by atoms with Crippen LogP contribution in [-0.2, 0) is 0 Å². The number of hydrogen-bond acceptors (Lipinski definition) is 4. The molecule has 2 rings (SSSR count). The van der Waals surface area contributed by atoms with E-state index in [2.05, 4.69) is 0 Å². The van der Waals surface area contributed by atoms with Crippen LogP contribution in [0.1, 0.15) is 31.7 Å². The first-order chi connectivity index (χ1) is 8.52. The fraction of sp³-hybridized carbons (Fsp3) is 0.571. The summed E-state index contributed by atoms with van der Waals surface area (Å²) in [6, 6.07) is 5.89. The second kappa shape index (κ2) is 5.16. The lowest BCUT2D eigenvalue weighted by Crippen LogP contribution is -2.39. The van der Waals surface area contributed by atoms with Gasteiger partial charge in [-0.2, -0.15) is 0 Å². The van der Waals surface area contributed by atoms with E-state index in [4.69, 9.17) is 15.2 Å². The Bertz CT molecular complexity index is 412. The molecule has 0 saturated heterocycles. The maximum Gasteiger partial charge on any atom is 0.161 e. The summed E-state index contributed by atoms with van der Waals surface area (Å²) in [7, 11) is 0. The van der Waals surface area contributed by atoms with Gasteiger partial charge in [0.15, 0.2) is 11.5 Å². The highest BCUT2D eigenvalue weighted by molar-refractivity contribution is 5.45. The van der Waals surface area contributed by atoms with Gasteiger partial charge in [0.2, 0.25) is 0 Å². The molecule has 0 bridgehead atoms. The Morgan fingerprint density at radius 2 is 1.94 bits per heavy atom. The topological polar surface area (TPSA) is 64.7 Å². The Hall–Kier alpha value is -1.26. The van der Waals surface area contributed by atoms with Gasteiger partial charge in [-0.15, -0.1) is 0 Å². The van der Waals surface area contributed by atoms with E-state index in [1.807, 2.05) is 32.0 Å². The van der Waals surface area contributed by atoms with Gasteiger partial charge in [-0.3, -0.25) is 0 Å². The zero-order valence-corrected chi connectivity index (χ0v) is 11.0. The Morgan fingerprint density at radius 1 is 1.28 bits per heavy atom. The van der Waals surface area contributed by atoms with E-state index in [9.17, 15) is 5.11 Å². The van der Waals surface area contributed by atoms with E-state index in [1.165, 1.54) is 0 Å². The van der Waals surface area contributed by atoms with Gasteiger partial charge in [0, 0.05) is 18.1 Å². The van der Waals surface area contributed by atoms with Crippen molar-refractivity contribution in [2.45, 2.75) is 31.7 Å². The molecule has 0 fully saturated rings. The van der Waals surface area contributed by atoms with E-state index in [0.29, 0.717) is 19.6 Å². The predicted molar refractivity (Wildman–Crippen MR) is 70.1 cm³/mol. The fourth-order valence-corrected chi connectivity index (χ4v) is 2.37. The van der Waals surface area contributed by atoms with E-state index < -0.39 is 0 Å². The van der Waals surface area contributed by atoms with Gasteiger partial charge in [-0.1, -0.05) is 6.07 Å². The van der Waals surface area contributed by atoms with Crippen LogP contribution in [0.5, 0.6) is 11.5 Å². The van der Waals surface area contributed by atoms with Crippen molar-refractivity contribution in [1.29, 1.82) is 0 Å². The summed E-state index contributed by atoms with van der Waals surface area (Å²) < 4.78 is 11.1. The molecule has 1 heterocycles. The van der Waals surface area contributed by atoms with Crippen LogP contribution in [0.25, 0.3) is 0 Å². The second-order valence-electron chi connectivity index (χ2n) is 5.29. The maximum atomic E-state index is 9.19. The summed E-state index contributed by atoms with van der Waals surface area (Å²) in [5, 5.41) is 9.19. The molecule has 0 saturated carbocycles. The average Bonchev–Trinajstić information content (AvgIpc) is 2.34. The summed E-state index contributed by atoms with van der Waals surface area (Å²) in [6.07, 6.45) is 0.642. The molecule has 18 heavy (non-hydrogen) atoms. The number of aliphatic hydroxyl groups is 1. The quantitative estimate of drug-likeness (QED) is 0.854. The van der Waals surface area contributed by atoms with Crippen molar-refractivity contribution < 1.29 is 14.6 Å². The zero-order chi connectivity index (χ0) is 13.2. The smallest absolute Gasteiger partial charge is 0.161 e. The molecule has 0 aliphatic carbocycles. The fourth-order valence-electron chi connectivity index (χ4n) is 2.37. The summed E-state index contributed by atoms with van der Waals surface area (Å²) in [5.41, 5.74) is 6.89. The van der Waals surface area contributed by atoms with Crippen LogP contribution < -0.4 is 15.2 Å². The molecule has 1 atom stereocenters. The maximum absolute atomic E-state index is 9.19. The van der Waals surface area contributed by atoms with Crippen LogP contribution in [0.15, 0.2) is 18.2 Å². The van der Waals surface area contributed by atoms with Crippen molar-refractivity contribution in [3.63, 3.8) is 0 Å². The molecule has 0 aromatic heterocycles. The lowest BCUT2D eigenvalue weighted by molar-refractivity contribution is 0.171. The molecule has 1 aliphatic heterocycles. The molecule has 1 aliphatic rings. The molecule has 0 radical (unpaired) electrons. The van der Waals surface area contributed by atoms with Crippen LogP contribution >= 0.6 is 0 Å². The van der Waals surface area contributed by atoms with Crippen molar-refractivity contribution >= 4 is 0 Å². The van der Waals surface area contributed by atoms with Crippen LogP contribution in [-0.4, -0.2) is 30.5 Å². The molecular formula is C14H21NO3. The molecule has 0 spiro atoms. The first kappa shape index (κ1) is 13.2. The number of fused-ring (bicyclic) bond motifs is 1. The van der Waals surface area contributed by atoms with Gasteiger partial charge in [0.1, 0.15) is 13.2 Å². The van der Waals surface area contributed by atoms with Gasteiger partial charge in [0.05, 0.1) is 0 Å². The summed E-state index contributed by atoms with van der Waals surface area (Å²) in [4.78, 5) is 0. The molecule has 1 aromatic rings. The number of ether oxygens (including phenoxy) is 2. The van der Waals surface area contributed by atoms with E-state index in [-0.39, 0.29) is 18.1 Å². The molecule has 4 heteroatoms. The third kappa shape index (κ3) is 2.76. The van der Waals surface area contributed by atoms with Crippen LogP contribution in [0.3, 0.4) is 0 Å². The molecule has 1 aromatic carbocycles. The SMILES string of the molecule is CC(C)(N)C(CCO)c1ccc2c(c1)OCCO2. The number of hydrogen-bond donors (Lipinski definition) is 2. The van der Waals surface area contributed by atoms with Crippen molar-refractivity contribution in [3.8, 4) is 11.5 Å². The largest absolute Gasteiger partial charge is 0.486 e. The normalized spacial score (nSPS) is 16.4. The number of aliphatic hydroxyl groups excluding tert-OH is 1. The van der Waals surface area contributed by atoms with Gasteiger partial charge in [0.25, 0.3) is 0 Å². The van der Waals surface area contributed by atoms with E-state index >= 15 is 0 Å². The Labute approximate surface area is 108 Å². The average molecular weight is 251 g/mol. The summed E-state index contributed by atoms with van der Waals surface area (Å²) in [6.45, 7) is 5.25. The predicted octanol–water partition coefficient (Wildman–Crippen LogP) is 1.66. The first-order valence-electron chi connectivity index (χ1n) is 6.31. The van der Waals surface area contributed by atoms with Crippen molar-refractivity contribution in [3.05, 3.63) is 23.8 Å². The minimum atomic E-state index is -0.382. The highest BCUT2D eigenvalue weighted by Gasteiger charge is 2.27. The summed E-state index contributed by atoms with van der Waals surface area (Å²) in [5.74, 6) is 1.65. The molecule has 4 nitrogen and oxygen atoms in total. The van der Waals surface area contributed by atoms with Crippen molar-refractivity contribution in [2.75, 3.05) is 19.8 Å². The molecule has 3 N–H and O–H groups in total. The van der Waals surface area contributed by atoms with Crippen LogP contribution in [0.2, 0.25) is 0 Å².